The minimum Gasteiger partial charge on any atom is -0.483 e. The van der Waals surface area contributed by atoms with Crippen LogP contribution < -0.4 is 9.64 Å². The average molecular weight is 436 g/mol. The smallest absolute Gasteiger partial charge is 0.261 e. The van der Waals surface area contributed by atoms with E-state index in [1.165, 1.54) is 0 Å². The van der Waals surface area contributed by atoms with E-state index in [0.717, 1.165) is 46.7 Å². The molecule has 3 aromatic rings. The maximum atomic E-state index is 13.2. The number of hydrogen-bond donors (Lipinski definition) is 0. The van der Waals surface area contributed by atoms with Gasteiger partial charge in [0.25, 0.3) is 5.91 Å². The molecule has 1 aliphatic heterocycles. The van der Waals surface area contributed by atoms with E-state index in [4.69, 9.17) is 14.2 Å². The molecule has 1 saturated heterocycles. The first-order valence-electron chi connectivity index (χ1n) is 10.8. The van der Waals surface area contributed by atoms with Crippen LogP contribution in [-0.4, -0.2) is 53.2 Å². The number of amides is 1. The molecule has 1 amide bonds. The van der Waals surface area contributed by atoms with E-state index in [1.807, 2.05) is 68.9 Å². The Bertz CT molecular complexity index is 1100. The van der Waals surface area contributed by atoms with Gasteiger partial charge in [-0.1, -0.05) is 23.4 Å². The topological polar surface area (TPSA) is 84.6 Å². The first kappa shape index (κ1) is 21.8. The first-order valence-corrected chi connectivity index (χ1v) is 10.8. The SMILES string of the molecule is Cc1cc(-c2cnc(N(C)C)nc2C2CCCN2C(=O)COc2c(C)cccc2C)on1. The first-order chi connectivity index (χ1) is 15.3. The number of aromatic nitrogens is 3. The molecule has 1 atom stereocenters. The molecule has 0 radical (unpaired) electrons. The molecule has 1 fully saturated rings. The maximum absolute atomic E-state index is 13.2. The lowest BCUT2D eigenvalue weighted by Gasteiger charge is -2.26. The molecule has 32 heavy (non-hydrogen) atoms. The second kappa shape index (κ2) is 8.98. The molecule has 0 N–H and O–H groups in total. The molecule has 8 heteroatoms. The van der Waals surface area contributed by atoms with Gasteiger partial charge in [-0.15, -0.1) is 0 Å². The number of benzene rings is 1. The van der Waals surface area contributed by atoms with Gasteiger partial charge in [-0.2, -0.15) is 0 Å². The molecular weight excluding hydrogens is 406 g/mol. The van der Waals surface area contributed by atoms with Crippen LogP contribution in [0.25, 0.3) is 11.3 Å². The minimum absolute atomic E-state index is 0.00936. The molecule has 0 aliphatic carbocycles. The van der Waals surface area contributed by atoms with Gasteiger partial charge in [0.15, 0.2) is 12.4 Å². The molecule has 4 rings (SSSR count). The Hall–Kier alpha value is -3.42. The monoisotopic (exact) mass is 435 g/mol. The van der Waals surface area contributed by atoms with Gasteiger partial charge in [-0.3, -0.25) is 4.79 Å². The Morgan fingerprint density at radius 1 is 1.25 bits per heavy atom. The van der Waals surface area contributed by atoms with Crippen LogP contribution in [0.1, 0.15) is 41.4 Å². The average Bonchev–Trinajstić information content (AvgIpc) is 3.42. The summed E-state index contributed by atoms with van der Waals surface area (Å²) in [5, 5.41) is 4.01. The van der Waals surface area contributed by atoms with Crippen molar-refractivity contribution in [2.24, 2.45) is 0 Å². The van der Waals surface area contributed by atoms with Crippen LogP contribution in [0.2, 0.25) is 0 Å². The van der Waals surface area contributed by atoms with Crippen LogP contribution in [0, 0.1) is 20.8 Å². The molecule has 168 valence electrons. The lowest BCUT2D eigenvalue weighted by molar-refractivity contribution is -0.134. The van der Waals surface area contributed by atoms with Crippen molar-refractivity contribution in [2.45, 2.75) is 39.7 Å². The Morgan fingerprint density at radius 2 is 2.00 bits per heavy atom. The van der Waals surface area contributed by atoms with Crippen LogP contribution in [0.15, 0.2) is 35.0 Å². The van der Waals surface area contributed by atoms with Crippen molar-refractivity contribution in [2.75, 3.05) is 32.1 Å². The lowest BCUT2D eigenvalue weighted by Crippen LogP contribution is -2.35. The van der Waals surface area contributed by atoms with Crippen LogP contribution in [0.5, 0.6) is 5.75 Å². The molecule has 1 aliphatic rings. The van der Waals surface area contributed by atoms with E-state index in [9.17, 15) is 4.79 Å². The molecule has 3 heterocycles. The second-order valence-electron chi connectivity index (χ2n) is 8.45. The highest BCUT2D eigenvalue weighted by atomic mass is 16.5. The quantitative estimate of drug-likeness (QED) is 0.581. The van der Waals surface area contributed by atoms with E-state index in [-0.39, 0.29) is 18.6 Å². The Labute approximate surface area is 188 Å². The van der Waals surface area contributed by atoms with Crippen molar-refractivity contribution in [3.05, 3.63) is 53.0 Å². The van der Waals surface area contributed by atoms with Crippen molar-refractivity contribution >= 4 is 11.9 Å². The normalized spacial score (nSPS) is 15.8. The van der Waals surface area contributed by atoms with Gasteiger partial charge in [-0.25, -0.2) is 9.97 Å². The highest BCUT2D eigenvalue weighted by molar-refractivity contribution is 5.79. The Morgan fingerprint density at radius 3 is 2.66 bits per heavy atom. The third kappa shape index (κ3) is 4.30. The number of para-hydroxylation sites is 1. The van der Waals surface area contributed by atoms with Crippen molar-refractivity contribution in [3.63, 3.8) is 0 Å². The highest BCUT2D eigenvalue weighted by Gasteiger charge is 2.34. The summed E-state index contributed by atoms with van der Waals surface area (Å²) in [6.45, 7) is 6.50. The van der Waals surface area contributed by atoms with Crippen LogP contribution in [-0.2, 0) is 4.79 Å². The highest BCUT2D eigenvalue weighted by Crippen LogP contribution is 2.37. The summed E-state index contributed by atoms with van der Waals surface area (Å²) >= 11 is 0. The summed E-state index contributed by atoms with van der Waals surface area (Å²) in [7, 11) is 3.79. The van der Waals surface area contributed by atoms with Gasteiger partial charge >= 0.3 is 0 Å². The number of ether oxygens (including phenoxy) is 1. The third-order valence-electron chi connectivity index (χ3n) is 5.74. The fourth-order valence-electron chi connectivity index (χ4n) is 4.13. The minimum atomic E-state index is -0.175. The zero-order chi connectivity index (χ0) is 22.8. The van der Waals surface area contributed by atoms with Gasteiger partial charge in [0.1, 0.15) is 5.75 Å². The molecule has 8 nitrogen and oxygen atoms in total. The summed E-state index contributed by atoms with van der Waals surface area (Å²) in [5.41, 5.74) is 4.36. The molecule has 1 unspecified atom stereocenters. The van der Waals surface area contributed by atoms with Crippen molar-refractivity contribution < 1.29 is 14.1 Å². The van der Waals surface area contributed by atoms with Gasteiger partial charge in [0.05, 0.1) is 23.0 Å². The number of rotatable bonds is 6. The van der Waals surface area contributed by atoms with Crippen LogP contribution in [0.4, 0.5) is 5.95 Å². The Balaban J connectivity index is 1.62. The van der Waals surface area contributed by atoms with Crippen molar-refractivity contribution in [1.82, 2.24) is 20.0 Å². The maximum Gasteiger partial charge on any atom is 0.261 e. The molecule has 0 spiro atoms. The lowest BCUT2D eigenvalue weighted by atomic mass is 10.0. The summed E-state index contributed by atoms with van der Waals surface area (Å²) in [4.78, 5) is 26.2. The summed E-state index contributed by atoms with van der Waals surface area (Å²) in [5.74, 6) is 1.91. The van der Waals surface area contributed by atoms with E-state index in [0.29, 0.717) is 18.3 Å². The molecule has 0 bridgehead atoms. The number of carbonyl (C=O) groups excluding carboxylic acids is 1. The zero-order valence-electron chi connectivity index (χ0n) is 19.3. The number of anilines is 1. The predicted octanol–water partition coefficient (Wildman–Crippen LogP) is 3.87. The number of carbonyl (C=O) groups is 1. The number of hydrogen-bond acceptors (Lipinski definition) is 7. The van der Waals surface area contributed by atoms with Crippen molar-refractivity contribution in [3.8, 4) is 17.1 Å². The van der Waals surface area contributed by atoms with E-state index in [1.54, 1.807) is 6.20 Å². The molecule has 1 aromatic carbocycles. The standard InChI is InChI=1S/C24H29N5O3/c1-15-8-6-9-16(2)23(15)31-14-21(30)29-11-7-10-19(29)22-18(20-12-17(3)27-32-20)13-25-24(26-22)28(4)5/h6,8-9,12-13,19H,7,10-11,14H2,1-5H3. The van der Waals surface area contributed by atoms with Gasteiger partial charge in [0.2, 0.25) is 5.95 Å². The second-order valence-corrected chi connectivity index (χ2v) is 8.45. The number of aryl methyl sites for hydroxylation is 3. The Kier molecular flexibility index (Phi) is 6.12. The summed E-state index contributed by atoms with van der Waals surface area (Å²) < 4.78 is 11.5. The zero-order valence-corrected chi connectivity index (χ0v) is 19.3. The van der Waals surface area contributed by atoms with Crippen LogP contribution in [0.3, 0.4) is 0 Å². The fraction of sp³-hybridized carbons (Fsp3) is 0.417. The summed E-state index contributed by atoms with van der Waals surface area (Å²) in [6, 6.07) is 7.65. The van der Waals surface area contributed by atoms with E-state index in [2.05, 4.69) is 10.1 Å². The van der Waals surface area contributed by atoms with E-state index < -0.39 is 0 Å². The molecule has 0 saturated carbocycles. The number of nitrogens with zero attached hydrogens (tertiary/aromatic N) is 5. The van der Waals surface area contributed by atoms with Crippen LogP contribution >= 0.6 is 0 Å². The largest absolute Gasteiger partial charge is 0.483 e. The van der Waals surface area contributed by atoms with Gasteiger partial charge in [-0.05, 0) is 44.7 Å². The third-order valence-corrected chi connectivity index (χ3v) is 5.74. The number of likely N-dealkylation sites (tertiary alicyclic amines) is 1. The van der Waals surface area contributed by atoms with Gasteiger partial charge in [0, 0.05) is 32.9 Å². The fourth-order valence-corrected chi connectivity index (χ4v) is 4.13. The van der Waals surface area contributed by atoms with Crippen molar-refractivity contribution in [1.29, 1.82) is 0 Å². The molecule has 2 aromatic heterocycles. The molecular formula is C24H29N5O3. The predicted molar refractivity (Wildman–Crippen MR) is 122 cm³/mol. The van der Waals surface area contributed by atoms with E-state index >= 15 is 0 Å². The van der Waals surface area contributed by atoms with Gasteiger partial charge < -0.3 is 19.1 Å². The summed E-state index contributed by atoms with van der Waals surface area (Å²) in [6.07, 6.45) is 3.47.